The van der Waals surface area contributed by atoms with Crippen molar-refractivity contribution in [3.05, 3.63) is 46.4 Å². The number of hydrogen-bond donors (Lipinski definition) is 2. The van der Waals surface area contributed by atoms with Crippen molar-refractivity contribution in [1.29, 1.82) is 0 Å². The van der Waals surface area contributed by atoms with Crippen molar-refractivity contribution in [1.82, 2.24) is 10.3 Å². The van der Waals surface area contributed by atoms with Gasteiger partial charge in [-0.3, -0.25) is 4.79 Å². The van der Waals surface area contributed by atoms with Crippen LogP contribution in [0.25, 0.3) is 0 Å². The maximum Gasteiger partial charge on any atom is 0.239 e. The summed E-state index contributed by atoms with van der Waals surface area (Å²) >= 11 is 1.63. The molecule has 2 N–H and O–H groups in total. The lowest BCUT2D eigenvalue weighted by Crippen LogP contribution is -2.29. The average Bonchev–Trinajstić information content (AvgIpc) is 2.92. The Kier molecular flexibility index (Phi) is 9.78. The first kappa shape index (κ1) is 19.7. The smallest absolute Gasteiger partial charge is 0.239 e. The van der Waals surface area contributed by atoms with E-state index in [4.69, 9.17) is 0 Å². The van der Waals surface area contributed by atoms with E-state index in [1.165, 1.54) is 0 Å². The lowest BCUT2D eigenvalue weighted by atomic mass is 10.3. The lowest BCUT2D eigenvalue weighted by Gasteiger charge is -2.06. The van der Waals surface area contributed by atoms with Gasteiger partial charge in [0.2, 0.25) is 5.91 Å². The highest BCUT2D eigenvalue weighted by Gasteiger charge is 2.03. The molecular weight excluding hydrogens is 329 g/mol. The Bertz CT molecular complexity index is 534. The van der Waals surface area contributed by atoms with Crippen LogP contribution in [-0.2, 0) is 17.8 Å². The van der Waals surface area contributed by atoms with Crippen LogP contribution in [0.15, 0.2) is 35.7 Å². The molecule has 0 saturated heterocycles. The largest absolute Gasteiger partial charge is 0.376 e. The number of thiazole rings is 1. The first-order valence-corrected chi connectivity index (χ1v) is 7.15. The van der Waals surface area contributed by atoms with Crippen LogP contribution in [0.1, 0.15) is 17.6 Å². The topological polar surface area (TPSA) is 54.0 Å². The molecule has 1 aromatic heterocycles. The Labute approximate surface area is 141 Å². The minimum atomic E-state index is -0.0325. The predicted octanol–water partition coefficient (Wildman–Crippen LogP) is 3.28. The lowest BCUT2D eigenvalue weighted by molar-refractivity contribution is -0.119. The fraction of sp³-hybridized carbons (Fsp3) is 0.286. The summed E-state index contributed by atoms with van der Waals surface area (Å²) < 4.78 is 0. The number of carbonyl (C=O) groups excluding carboxylic acids is 1. The molecule has 0 aliphatic heterocycles. The molecule has 0 aliphatic rings. The second kappa shape index (κ2) is 10.4. The molecule has 21 heavy (non-hydrogen) atoms. The molecule has 0 atom stereocenters. The molecule has 7 heteroatoms. The Morgan fingerprint density at radius 1 is 1.24 bits per heavy atom. The highest BCUT2D eigenvalue weighted by Crippen LogP contribution is 2.09. The zero-order valence-corrected chi connectivity index (χ0v) is 14.1. The summed E-state index contributed by atoms with van der Waals surface area (Å²) in [7, 11) is 0. The van der Waals surface area contributed by atoms with Crippen molar-refractivity contribution in [2.45, 2.75) is 19.9 Å². The molecule has 4 nitrogen and oxygen atoms in total. The first-order valence-electron chi connectivity index (χ1n) is 6.27. The highest BCUT2D eigenvalue weighted by atomic mass is 35.5. The summed E-state index contributed by atoms with van der Waals surface area (Å²) in [5.41, 5.74) is 1.87. The summed E-state index contributed by atoms with van der Waals surface area (Å²) in [4.78, 5) is 16.1. The van der Waals surface area contributed by atoms with Gasteiger partial charge in [0.1, 0.15) is 0 Å². The molecular formula is C14H19Cl2N3OS. The van der Waals surface area contributed by atoms with Crippen molar-refractivity contribution in [2.24, 2.45) is 0 Å². The first-order chi connectivity index (χ1) is 9.28. The van der Waals surface area contributed by atoms with Gasteiger partial charge in [-0.05, 0) is 18.6 Å². The van der Waals surface area contributed by atoms with Gasteiger partial charge in [-0.25, -0.2) is 4.98 Å². The monoisotopic (exact) mass is 347 g/mol. The molecule has 1 heterocycles. The van der Waals surface area contributed by atoms with Crippen molar-refractivity contribution in [3.63, 3.8) is 0 Å². The predicted molar refractivity (Wildman–Crippen MR) is 92.8 cm³/mol. The molecule has 0 aliphatic carbocycles. The number of aryl methyl sites for hydroxylation is 1. The van der Waals surface area contributed by atoms with E-state index in [0.717, 1.165) is 22.8 Å². The number of para-hydroxylation sites is 1. The van der Waals surface area contributed by atoms with Crippen LogP contribution >= 0.6 is 36.2 Å². The third-order valence-electron chi connectivity index (χ3n) is 2.60. The van der Waals surface area contributed by atoms with Gasteiger partial charge in [0.25, 0.3) is 0 Å². The normalized spacial score (nSPS) is 9.19. The van der Waals surface area contributed by atoms with Crippen molar-refractivity contribution in [2.75, 3.05) is 11.9 Å². The van der Waals surface area contributed by atoms with Crippen LogP contribution in [0.4, 0.5) is 5.69 Å². The molecule has 0 bridgehead atoms. The molecule has 2 aromatic rings. The number of carbonyl (C=O) groups is 1. The van der Waals surface area contributed by atoms with E-state index in [1.807, 2.05) is 35.7 Å². The number of nitrogens with zero attached hydrogens (tertiary/aromatic N) is 1. The van der Waals surface area contributed by atoms with E-state index >= 15 is 0 Å². The zero-order chi connectivity index (χ0) is 13.5. The summed E-state index contributed by atoms with van der Waals surface area (Å²) in [5.74, 6) is -0.0325. The van der Waals surface area contributed by atoms with E-state index < -0.39 is 0 Å². The number of aromatic nitrogens is 1. The molecule has 0 spiro atoms. The molecule has 116 valence electrons. The molecule has 1 amide bonds. The fourth-order valence-electron chi connectivity index (χ4n) is 1.58. The minimum absolute atomic E-state index is 0. The zero-order valence-electron chi connectivity index (χ0n) is 11.7. The van der Waals surface area contributed by atoms with Crippen molar-refractivity contribution < 1.29 is 4.79 Å². The minimum Gasteiger partial charge on any atom is -0.376 e. The van der Waals surface area contributed by atoms with E-state index in [0.29, 0.717) is 6.54 Å². The van der Waals surface area contributed by atoms with E-state index in [-0.39, 0.29) is 37.3 Å². The molecule has 0 saturated carbocycles. The Hall–Kier alpha value is -1.30. The summed E-state index contributed by atoms with van der Waals surface area (Å²) in [6.07, 6.45) is 0.939. The van der Waals surface area contributed by atoms with Gasteiger partial charge in [0.15, 0.2) is 0 Å². The van der Waals surface area contributed by atoms with Gasteiger partial charge in [-0.15, -0.1) is 36.2 Å². The van der Waals surface area contributed by atoms with Crippen LogP contribution in [0.5, 0.6) is 0 Å². The van der Waals surface area contributed by atoms with Crippen LogP contribution < -0.4 is 10.6 Å². The molecule has 1 aromatic carbocycles. The molecule has 0 unspecified atom stereocenters. The van der Waals surface area contributed by atoms with Crippen LogP contribution in [0.2, 0.25) is 0 Å². The van der Waals surface area contributed by atoms with Crippen LogP contribution in [-0.4, -0.2) is 17.4 Å². The third kappa shape index (κ3) is 6.80. The standard InChI is InChI=1S/C14H17N3OS.2ClH/c1-2-14-17-12(10-19-14)8-16-13(18)9-15-11-6-4-3-5-7-11;;/h3-7,10,15H,2,8-9H2,1H3,(H,16,18);2*1H. The van der Waals surface area contributed by atoms with Crippen LogP contribution in [0, 0.1) is 0 Å². The maximum absolute atomic E-state index is 11.7. The Morgan fingerprint density at radius 2 is 1.95 bits per heavy atom. The number of halogens is 2. The van der Waals surface area contributed by atoms with Crippen molar-refractivity contribution in [3.8, 4) is 0 Å². The SMILES string of the molecule is CCc1nc(CNC(=O)CNc2ccccc2)cs1.Cl.Cl. The number of rotatable bonds is 6. The Morgan fingerprint density at radius 3 is 2.57 bits per heavy atom. The van der Waals surface area contributed by atoms with Crippen molar-refractivity contribution >= 4 is 47.7 Å². The molecule has 0 radical (unpaired) electrons. The second-order valence-corrected chi connectivity index (χ2v) is 5.03. The van der Waals surface area contributed by atoms with Gasteiger partial charge >= 0.3 is 0 Å². The second-order valence-electron chi connectivity index (χ2n) is 4.08. The highest BCUT2D eigenvalue weighted by molar-refractivity contribution is 7.09. The number of anilines is 1. The van der Waals surface area contributed by atoms with Gasteiger partial charge < -0.3 is 10.6 Å². The average molecular weight is 348 g/mol. The number of hydrogen-bond acceptors (Lipinski definition) is 4. The van der Waals surface area contributed by atoms with Gasteiger partial charge in [-0.2, -0.15) is 0 Å². The van der Waals surface area contributed by atoms with E-state index in [2.05, 4.69) is 22.5 Å². The Balaban J connectivity index is 0.00000200. The van der Waals surface area contributed by atoms with Gasteiger partial charge in [0, 0.05) is 11.1 Å². The third-order valence-corrected chi connectivity index (χ3v) is 3.64. The molecule has 0 fully saturated rings. The van der Waals surface area contributed by atoms with E-state index in [9.17, 15) is 4.79 Å². The molecule has 2 rings (SSSR count). The fourth-order valence-corrected chi connectivity index (χ4v) is 2.33. The van der Waals surface area contributed by atoms with Gasteiger partial charge in [-0.1, -0.05) is 25.1 Å². The number of benzene rings is 1. The quantitative estimate of drug-likeness (QED) is 0.842. The summed E-state index contributed by atoms with van der Waals surface area (Å²) in [5, 5.41) is 9.01. The maximum atomic E-state index is 11.7. The van der Waals surface area contributed by atoms with Crippen LogP contribution in [0.3, 0.4) is 0 Å². The number of nitrogens with one attached hydrogen (secondary N) is 2. The van der Waals surface area contributed by atoms with Gasteiger partial charge in [0.05, 0.1) is 23.8 Å². The van der Waals surface area contributed by atoms with E-state index in [1.54, 1.807) is 11.3 Å². The summed E-state index contributed by atoms with van der Waals surface area (Å²) in [6, 6.07) is 9.67. The summed E-state index contributed by atoms with van der Waals surface area (Å²) in [6.45, 7) is 2.84. The number of amides is 1.